The first-order chi connectivity index (χ1) is 9.46. The van der Waals surface area contributed by atoms with Crippen molar-refractivity contribution in [2.75, 3.05) is 0 Å². The minimum Gasteiger partial charge on any atom is -0.460 e. The molecule has 1 aliphatic rings. The molecule has 1 aliphatic carbocycles. The highest BCUT2D eigenvalue weighted by atomic mass is 16.6. The lowest BCUT2D eigenvalue weighted by Crippen LogP contribution is -2.42. The maximum Gasteiger partial charge on any atom is 0.407 e. The van der Waals surface area contributed by atoms with Gasteiger partial charge < -0.3 is 14.8 Å². The van der Waals surface area contributed by atoms with Gasteiger partial charge in [-0.05, 0) is 67.2 Å². The van der Waals surface area contributed by atoms with Crippen LogP contribution in [0.15, 0.2) is 0 Å². The molecule has 1 N–H and O–H groups in total. The van der Waals surface area contributed by atoms with Gasteiger partial charge in [0.2, 0.25) is 0 Å². The summed E-state index contributed by atoms with van der Waals surface area (Å²) in [5.41, 5.74) is -0.930. The maximum atomic E-state index is 12.0. The summed E-state index contributed by atoms with van der Waals surface area (Å²) < 4.78 is 10.6. The Morgan fingerprint density at radius 2 is 1.33 bits per heavy atom. The third-order valence-electron chi connectivity index (χ3n) is 3.19. The van der Waals surface area contributed by atoms with Crippen LogP contribution in [0, 0.1) is 5.92 Å². The van der Waals surface area contributed by atoms with E-state index in [0.717, 1.165) is 25.7 Å². The molecule has 0 saturated heterocycles. The molecule has 0 atom stereocenters. The number of esters is 1. The van der Waals surface area contributed by atoms with Gasteiger partial charge in [-0.25, -0.2) is 4.79 Å². The van der Waals surface area contributed by atoms with Crippen molar-refractivity contribution in [3.8, 4) is 0 Å². The van der Waals surface area contributed by atoms with E-state index in [1.807, 2.05) is 41.5 Å². The molecular weight excluding hydrogens is 270 g/mol. The second-order valence-electron chi connectivity index (χ2n) is 7.73. The van der Waals surface area contributed by atoms with Gasteiger partial charge in [-0.3, -0.25) is 4.79 Å². The molecule has 1 saturated carbocycles. The van der Waals surface area contributed by atoms with Crippen molar-refractivity contribution < 1.29 is 19.1 Å². The number of hydrogen-bond acceptors (Lipinski definition) is 4. The molecule has 1 amide bonds. The van der Waals surface area contributed by atoms with Crippen LogP contribution < -0.4 is 5.32 Å². The van der Waals surface area contributed by atoms with Crippen molar-refractivity contribution in [1.82, 2.24) is 5.32 Å². The van der Waals surface area contributed by atoms with Crippen LogP contribution in [-0.4, -0.2) is 29.3 Å². The quantitative estimate of drug-likeness (QED) is 0.794. The van der Waals surface area contributed by atoms with Gasteiger partial charge in [-0.2, -0.15) is 0 Å². The Morgan fingerprint density at radius 3 is 1.76 bits per heavy atom. The fourth-order valence-electron chi connectivity index (χ4n) is 2.33. The van der Waals surface area contributed by atoms with Gasteiger partial charge in [-0.15, -0.1) is 0 Å². The number of rotatable bonds is 2. The van der Waals surface area contributed by atoms with Crippen molar-refractivity contribution in [3.63, 3.8) is 0 Å². The molecular formula is C16H29NO4. The lowest BCUT2D eigenvalue weighted by molar-refractivity contribution is -0.161. The molecule has 1 fully saturated rings. The number of carbonyl (C=O) groups excluding carboxylic acids is 2. The maximum absolute atomic E-state index is 12.0. The number of nitrogens with one attached hydrogen (secondary N) is 1. The summed E-state index contributed by atoms with van der Waals surface area (Å²) >= 11 is 0. The second kappa shape index (κ2) is 6.67. The van der Waals surface area contributed by atoms with Gasteiger partial charge in [0.05, 0.1) is 5.92 Å². The Kier molecular flexibility index (Phi) is 5.65. The number of hydrogen-bond donors (Lipinski definition) is 1. The van der Waals surface area contributed by atoms with Crippen molar-refractivity contribution in [2.45, 2.75) is 84.5 Å². The molecule has 5 heteroatoms. The van der Waals surface area contributed by atoms with Crippen LogP contribution in [0.2, 0.25) is 0 Å². The Labute approximate surface area is 127 Å². The van der Waals surface area contributed by atoms with Gasteiger partial charge in [0.15, 0.2) is 0 Å². The second-order valence-corrected chi connectivity index (χ2v) is 7.73. The van der Waals surface area contributed by atoms with Gasteiger partial charge >= 0.3 is 12.1 Å². The number of carbonyl (C=O) groups is 2. The smallest absolute Gasteiger partial charge is 0.407 e. The molecule has 0 spiro atoms. The van der Waals surface area contributed by atoms with Gasteiger partial charge in [-0.1, -0.05) is 0 Å². The third-order valence-corrected chi connectivity index (χ3v) is 3.19. The van der Waals surface area contributed by atoms with Crippen molar-refractivity contribution in [3.05, 3.63) is 0 Å². The van der Waals surface area contributed by atoms with E-state index in [1.54, 1.807) is 0 Å². The molecule has 0 aromatic carbocycles. The van der Waals surface area contributed by atoms with E-state index in [0.29, 0.717) is 0 Å². The van der Waals surface area contributed by atoms with E-state index in [1.165, 1.54) is 0 Å². The lowest BCUT2D eigenvalue weighted by atomic mass is 9.86. The Bertz CT molecular complexity index is 371. The van der Waals surface area contributed by atoms with E-state index in [9.17, 15) is 9.59 Å². The summed E-state index contributed by atoms with van der Waals surface area (Å²) in [6, 6.07) is 0.0820. The fraction of sp³-hybridized carbons (Fsp3) is 0.875. The molecule has 21 heavy (non-hydrogen) atoms. The highest BCUT2D eigenvalue weighted by Gasteiger charge is 2.31. The van der Waals surface area contributed by atoms with Crippen molar-refractivity contribution in [2.24, 2.45) is 5.92 Å². The summed E-state index contributed by atoms with van der Waals surface area (Å²) in [4.78, 5) is 23.7. The Balaban J connectivity index is 2.35. The predicted octanol–water partition coefficient (Wildman–Crippen LogP) is 3.41. The van der Waals surface area contributed by atoms with E-state index < -0.39 is 11.2 Å². The number of ether oxygens (including phenoxy) is 2. The SMILES string of the molecule is CC(C)(C)OC(=O)NC1CCC(C(=O)OC(C)(C)C)CC1. The zero-order chi connectivity index (χ0) is 16.3. The van der Waals surface area contributed by atoms with E-state index >= 15 is 0 Å². The molecule has 0 aromatic heterocycles. The molecule has 122 valence electrons. The largest absolute Gasteiger partial charge is 0.460 e. The molecule has 0 unspecified atom stereocenters. The number of alkyl carbamates (subject to hydrolysis) is 1. The highest BCUT2D eigenvalue weighted by molar-refractivity contribution is 5.73. The van der Waals surface area contributed by atoms with Crippen LogP contribution in [0.3, 0.4) is 0 Å². The zero-order valence-electron chi connectivity index (χ0n) is 14.1. The standard InChI is InChI=1S/C16H29NO4/c1-15(2,3)20-13(18)11-7-9-12(10-8-11)17-14(19)21-16(4,5)6/h11-12H,7-10H2,1-6H3,(H,17,19). The summed E-state index contributed by atoms with van der Waals surface area (Å²) in [7, 11) is 0. The van der Waals surface area contributed by atoms with Gasteiger partial charge in [0.25, 0.3) is 0 Å². The van der Waals surface area contributed by atoms with Crippen molar-refractivity contribution >= 4 is 12.1 Å². The van der Waals surface area contributed by atoms with Crippen LogP contribution in [0.25, 0.3) is 0 Å². The molecule has 0 heterocycles. The monoisotopic (exact) mass is 299 g/mol. The van der Waals surface area contributed by atoms with Crippen LogP contribution in [-0.2, 0) is 14.3 Å². The molecule has 5 nitrogen and oxygen atoms in total. The van der Waals surface area contributed by atoms with Gasteiger partial charge in [0.1, 0.15) is 11.2 Å². The minimum atomic E-state index is -0.488. The van der Waals surface area contributed by atoms with Crippen LogP contribution in [0.4, 0.5) is 4.79 Å². The average Bonchev–Trinajstić information content (AvgIpc) is 2.24. The summed E-state index contributed by atoms with van der Waals surface area (Å²) in [6.45, 7) is 11.1. The summed E-state index contributed by atoms with van der Waals surface area (Å²) in [6.07, 6.45) is 2.67. The average molecular weight is 299 g/mol. The molecule has 0 bridgehead atoms. The zero-order valence-corrected chi connectivity index (χ0v) is 14.1. The fourth-order valence-corrected chi connectivity index (χ4v) is 2.33. The molecule has 0 aliphatic heterocycles. The minimum absolute atomic E-state index is 0.0547. The molecule has 1 rings (SSSR count). The first-order valence-corrected chi connectivity index (χ1v) is 7.69. The van der Waals surface area contributed by atoms with E-state index in [-0.39, 0.29) is 24.0 Å². The summed E-state index contributed by atoms with van der Waals surface area (Å²) in [5.74, 6) is -0.181. The van der Waals surface area contributed by atoms with Crippen LogP contribution in [0.5, 0.6) is 0 Å². The third kappa shape index (κ3) is 7.34. The lowest BCUT2D eigenvalue weighted by Gasteiger charge is -2.30. The Morgan fingerprint density at radius 1 is 0.857 bits per heavy atom. The normalized spacial score (nSPS) is 23.3. The molecule has 0 radical (unpaired) electrons. The Hall–Kier alpha value is -1.26. The first kappa shape index (κ1) is 17.8. The topological polar surface area (TPSA) is 64.6 Å². The molecule has 0 aromatic rings. The van der Waals surface area contributed by atoms with Crippen LogP contribution >= 0.6 is 0 Å². The van der Waals surface area contributed by atoms with Crippen LogP contribution in [0.1, 0.15) is 67.2 Å². The first-order valence-electron chi connectivity index (χ1n) is 7.69. The van der Waals surface area contributed by atoms with Crippen molar-refractivity contribution in [1.29, 1.82) is 0 Å². The van der Waals surface area contributed by atoms with Gasteiger partial charge in [0, 0.05) is 6.04 Å². The van der Waals surface area contributed by atoms with E-state index in [2.05, 4.69) is 5.32 Å². The summed E-state index contributed by atoms with van der Waals surface area (Å²) in [5, 5.41) is 2.87. The number of amides is 1. The predicted molar refractivity (Wildman–Crippen MR) is 81.0 cm³/mol. The van der Waals surface area contributed by atoms with E-state index in [4.69, 9.17) is 9.47 Å². The highest BCUT2D eigenvalue weighted by Crippen LogP contribution is 2.27.